The molecule has 1 aromatic heterocycles. The quantitative estimate of drug-likeness (QED) is 0.216. The molecule has 6 aromatic carbocycles. The highest BCUT2D eigenvalue weighted by molar-refractivity contribution is 6.12. The largest absolute Gasteiger partial charge is 0.456 e. The van der Waals surface area contributed by atoms with Crippen LogP contribution in [0.5, 0.6) is 11.5 Å². The number of nitrogens with zero attached hydrogens (tertiary/aromatic N) is 1. The summed E-state index contributed by atoms with van der Waals surface area (Å²) in [7, 11) is 0. The van der Waals surface area contributed by atoms with E-state index in [9.17, 15) is 0 Å². The van der Waals surface area contributed by atoms with Crippen LogP contribution in [0.2, 0.25) is 0 Å². The standard InChI is InChI=1S/C35H21NO/c1-2-11-23-22(10-1)20-21-29-34(23)37-32-19-8-5-15-27(32)35(29)26-14-4-7-18-31(26)36-30-17-6-3-12-24(30)25-13-9-16-28(35)33(25)36/h1-21H. The van der Waals surface area contributed by atoms with Gasteiger partial charge in [0.2, 0.25) is 0 Å². The average Bonchev–Trinajstić information content (AvgIpc) is 3.31. The molecule has 0 aliphatic carbocycles. The second-order valence-electron chi connectivity index (χ2n) is 10.1. The Kier molecular flexibility index (Phi) is 3.50. The summed E-state index contributed by atoms with van der Waals surface area (Å²) < 4.78 is 9.24. The highest BCUT2D eigenvalue weighted by atomic mass is 16.5. The molecule has 0 saturated heterocycles. The monoisotopic (exact) mass is 471 g/mol. The number of aromatic nitrogens is 1. The zero-order valence-corrected chi connectivity index (χ0v) is 20.0. The fourth-order valence-electron chi connectivity index (χ4n) is 7.05. The van der Waals surface area contributed by atoms with Crippen molar-refractivity contribution >= 4 is 32.6 Å². The molecule has 0 radical (unpaired) electrons. The van der Waals surface area contributed by atoms with Gasteiger partial charge < -0.3 is 9.30 Å². The molecule has 9 rings (SSSR count). The minimum absolute atomic E-state index is 0.505. The van der Waals surface area contributed by atoms with Crippen molar-refractivity contribution in [2.24, 2.45) is 0 Å². The molecule has 2 aliphatic heterocycles. The Balaban J connectivity index is 1.58. The first kappa shape index (κ1) is 19.4. The van der Waals surface area contributed by atoms with Gasteiger partial charge in [0.25, 0.3) is 0 Å². The van der Waals surface area contributed by atoms with Crippen LogP contribution in [0.3, 0.4) is 0 Å². The molecular weight excluding hydrogens is 450 g/mol. The summed E-state index contributed by atoms with van der Waals surface area (Å²) in [5.74, 6) is 1.87. The van der Waals surface area contributed by atoms with E-state index >= 15 is 0 Å². The number of hydrogen-bond donors (Lipinski definition) is 0. The van der Waals surface area contributed by atoms with Gasteiger partial charge in [-0.25, -0.2) is 0 Å². The van der Waals surface area contributed by atoms with Crippen LogP contribution >= 0.6 is 0 Å². The fourth-order valence-corrected chi connectivity index (χ4v) is 7.05. The summed E-state index contributed by atoms with van der Waals surface area (Å²) in [4.78, 5) is 0. The molecule has 1 atom stereocenters. The maximum absolute atomic E-state index is 6.77. The van der Waals surface area contributed by atoms with Crippen molar-refractivity contribution in [1.29, 1.82) is 0 Å². The van der Waals surface area contributed by atoms with Crippen molar-refractivity contribution in [2.45, 2.75) is 5.41 Å². The van der Waals surface area contributed by atoms with Gasteiger partial charge >= 0.3 is 0 Å². The molecule has 172 valence electrons. The first-order chi connectivity index (χ1) is 18.4. The van der Waals surface area contributed by atoms with E-state index in [1.54, 1.807) is 0 Å². The van der Waals surface area contributed by atoms with Crippen molar-refractivity contribution < 1.29 is 4.74 Å². The molecule has 0 fully saturated rings. The van der Waals surface area contributed by atoms with Crippen LogP contribution in [0.15, 0.2) is 127 Å². The number of fused-ring (bicyclic) bond motifs is 13. The highest BCUT2D eigenvalue weighted by Gasteiger charge is 2.50. The van der Waals surface area contributed by atoms with Gasteiger partial charge in [-0.3, -0.25) is 0 Å². The third kappa shape index (κ3) is 2.19. The lowest BCUT2D eigenvalue weighted by Gasteiger charge is -2.45. The number of rotatable bonds is 0. The second kappa shape index (κ2) is 6.68. The lowest BCUT2D eigenvalue weighted by atomic mass is 9.61. The topological polar surface area (TPSA) is 14.2 Å². The van der Waals surface area contributed by atoms with Crippen molar-refractivity contribution in [3.05, 3.63) is 150 Å². The van der Waals surface area contributed by atoms with Crippen LogP contribution in [-0.2, 0) is 5.41 Å². The Morgan fingerprint density at radius 3 is 2.14 bits per heavy atom. The van der Waals surface area contributed by atoms with Gasteiger partial charge in [0.15, 0.2) is 0 Å². The number of benzene rings is 6. The van der Waals surface area contributed by atoms with Crippen LogP contribution in [0, 0.1) is 0 Å². The number of para-hydroxylation sites is 4. The molecule has 0 amide bonds. The third-order valence-corrected chi connectivity index (χ3v) is 8.43. The summed E-state index contributed by atoms with van der Waals surface area (Å²) in [6.07, 6.45) is 0. The zero-order chi connectivity index (χ0) is 24.1. The lowest BCUT2D eigenvalue weighted by molar-refractivity contribution is 0.439. The Morgan fingerprint density at radius 1 is 0.486 bits per heavy atom. The number of hydrogen-bond acceptors (Lipinski definition) is 1. The highest BCUT2D eigenvalue weighted by Crippen LogP contribution is 2.61. The minimum atomic E-state index is -0.505. The van der Waals surface area contributed by atoms with Gasteiger partial charge in [0.1, 0.15) is 11.5 Å². The molecule has 0 bridgehead atoms. The second-order valence-corrected chi connectivity index (χ2v) is 10.1. The molecule has 7 aromatic rings. The van der Waals surface area contributed by atoms with Crippen LogP contribution in [-0.4, -0.2) is 4.57 Å². The van der Waals surface area contributed by atoms with Gasteiger partial charge in [0, 0.05) is 27.3 Å². The van der Waals surface area contributed by atoms with Gasteiger partial charge in [-0.05, 0) is 34.7 Å². The summed E-state index contributed by atoms with van der Waals surface area (Å²) in [5, 5.41) is 4.90. The molecule has 0 N–H and O–H groups in total. The Hall–Kier alpha value is -4.82. The molecule has 3 heterocycles. The van der Waals surface area contributed by atoms with Crippen molar-refractivity contribution in [1.82, 2.24) is 4.57 Å². The molecule has 1 unspecified atom stereocenters. The Morgan fingerprint density at radius 2 is 1.19 bits per heavy atom. The normalized spacial score (nSPS) is 17.0. The molecule has 2 heteroatoms. The molecule has 2 aliphatic rings. The average molecular weight is 472 g/mol. The number of ether oxygens (including phenoxy) is 1. The van der Waals surface area contributed by atoms with Crippen LogP contribution in [0.25, 0.3) is 38.3 Å². The molecule has 2 nitrogen and oxygen atoms in total. The van der Waals surface area contributed by atoms with E-state index in [0.29, 0.717) is 0 Å². The Bertz CT molecular complexity index is 2080. The van der Waals surface area contributed by atoms with Crippen molar-refractivity contribution in [3.8, 4) is 17.2 Å². The molecule has 37 heavy (non-hydrogen) atoms. The van der Waals surface area contributed by atoms with Crippen molar-refractivity contribution in [2.75, 3.05) is 0 Å². The van der Waals surface area contributed by atoms with Gasteiger partial charge in [-0.1, -0.05) is 109 Å². The van der Waals surface area contributed by atoms with E-state index in [-0.39, 0.29) is 0 Å². The van der Waals surface area contributed by atoms with Crippen LogP contribution in [0.1, 0.15) is 22.3 Å². The van der Waals surface area contributed by atoms with E-state index in [1.165, 1.54) is 55.1 Å². The van der Waals surface area contributed by atoms with E-state index < -0.39 is 5.41 Å². The molecule has 1 spiro atoms. The predicted octanol–water partition coefficient (Wildman–Crippen LogP) is 8.74. The van der Waals surface area contributed by atoms with Gasteiger partial charge in [-0.15, -0.1) is 0 Å². The van der Waals surface area contributed by atoms with Crippen LogP contribution in [0.4, 0.5) is 0 Å². The summed E-state index contributed by atoms with van der Waals surface area (Å²) in [5.41, 5.74) is 8.20. The maximum atomic E-state index is 6.77. The predicted molar refractivity (Wildman–Crippen MR) is 150 cm³/mol. The third-order valence-electron chi connectivity index (χ3n) is 8.43. The summed E-state index contributed by atoms with van der Waals surface area (Å²) in [6.45, 7) is 0. The smallest absolute Gasteiger partial charge is 0.140 e. The first-order valence-electron chi connectivity index (χ1n) is 12.8. The summed E-state index contributed by atoms with van der Waals surface area (Å²) in [6, 6.07) is 46.2. The first-order valence-corrected chi connectivity index (χ1v) is 12.8. The van der Waals surface area contributed by atoms with Gasteiger partial charge in [-0.2, -0.15) is 0 Å². The van der Waals surface area contributed by atoms with Crippen LogP contribution < -0.4 is 4.74 Å². The fraction of sp³-hybridized carbons (Fsp3) is 0.0286. The van der Waals surface area contributed by atoms with E-state index in [2.05, 4.69) is 132 Å². The molecule has 0 saturated carbocycles. The van der Waals surface area contributed by atoms with E-state index in [1.807, 2.05) is 0 Å². The van der Waals surface area contributed by atoms with E-state index in [0.717, 1.165) is 16.9 Å². The molecular formula is C35H21NO. The minimum Gasteiger partial charge on any atom is -0.456 e. The Labute approximate surface area is 214 Å². The van der Waals surface area contributed by atoms with Crippen molar-refractivity contribution in [3.63, 3.8) is 0 Å². The van der Waals surface area contributed by atoms with Gasteiger partial charge in [0.05, 0.1) is 22.1 Å². The maximum Gasteiger partial charge on any atom is 0.140 e. The SMILES string of the molecule is c1ccc2c(c1)Oc1c(ccc3ccccc13)C21c2ccccc2-n2c3ccccc3c3cccc1c32. The summed E-state index contributed by atoms with van der Waals surface area (Å²) >= 11 is 0. The van der Waals surface area contributed by atoms with E-state index in [4.69, 9.17) is 4.74 Å². The lowest BCUT2D eigenvalue weighted by Crippen LogP contribution is -2.37. The zero-order valence-electron chi connectivity index (χ0n) is 20.0.